The van der Waals surface area contributed by atoms with Gasteiger partial charge in [0.2, 0.25) is 11.8 Å². The van der Waals surface area contributed by atoms with Crippen molar-refractivity contribution in [1.29, 1.82) is 0 Å². The molecule has 48 heavy (non-hydrogen) atoms. The highest BCUT2D eigenvalue weighted by Crippen LogP contribution is 2.40. The van der Waals surface area contributed by atoms with E-state index in [1.807, 2.05) is 43.3 Å². The Kier molecular flexibility index (Phi) is 11.9. The van der Waals surface area contributed by atoms with Crippen molar-refractivity contribution in [2.75, 3.05) is 33.9 Å². The van der Waals surface area contributed by atoms with Crippen LogP contribution in [0.15, 0.2) is 96.3 Å². The molecule has 0 saturated carbocycles. The zero-order valence-electron chi connectivity index (χ0n) is 27.8. The topological polar surface area (TPSA) is 105 Å². The van der Waals surface area contributed by atoms with Crippen LogP contribution in [-0.4, -0.2) is 61.6 Å². The van der Waals surface area contributed by atoms with Crippen molar-refractivity contribution in [3.8, 4) is 28.3 Å². The lowest BCUT2D eigenvalue weighted by molar-refractivity contribution is 0.283. The molecule has 4 N–H and O–H groups in total. The quantitative estimate of drug-likeness (QED) is 0.0834. The van der Waals surface area contributed by atoms with Crippen LogP contribution in [0.4, 0.5) is 0 Å². The Labute approximate surface area is 293 Å². The number of aliphatic imine (C=N–C) groups is 1. The highest BCUT2D eigenvalue weighted by atomic mass is 35.5. The molecular weight excluding hydrogens is 645 g/mol. The molecule has 3 aromatic rings. The van der Waals surface area contributed by atoms with E-state index in [-0.39, 0.29) is 6.04 Å². The van der Waals surface area contributed by atoms with Crippen LogP contribution in [0.2, 0.25) is 10.0 Å². The van der Waals surface area contributed by atoms with Gasteiger partial charge in [0.1, 0.15) is 5.69 Å². The minimum atomic E-state index is 0.287. The summed E-state index contributed by atoms with van der Waals surface area (Å²) < 4.78 is 11.3. The molecular formula is C37H43Cl2N7O2. The van der Waals surface area contributed by atoms with Crippen LogP contribution in [0, 0.1) is 0 Å². The molecule has 252 valence electrons. The Morgan fingerprint density at radius 3 is 2.50 bits per heavy atom. The maximum atomic E-state index is 7.07. The average Bonchev–Trinajstić information content (AvgIpc) is 3.71. The van der Waals surface area contributed by atoms with Gasteiger partial charge >= 0.3 is 0 Å². The van der Waals surface area contributed by atoms with Crippen molar-refractivity contribution in [3.05, 3.63) is 113 Å². The van der Waals surface area contributed by atoms with Gasteiger partial charge in [-0.25, -0.2) is 9.98 Å². The molecule has 0 aliphatic carbocycles. The summed E-state index contributed by atoms with van der Waals surface area (Å²) in [5, 5.41) is 14.7. The van der Waals surface area contributed by atoms with E-state index in [0.29, 0.717) is 57.9 Å². The standard InChI is InChI=1S/C37H43Cl2N7O2/c1-7-25(17-42-27-16-23(3)41-19-27)36(47-5)45-24(4)28-10-8-11-29(34(28)38)30-12-9-13-31(35(30)39)32-21-43-33(37(46-32)48-6)20-40-18-26-15-14-22(2)44-26/h7-13,21,26-27,40-42,44H,1-3,14-20H2,4-6H3/b36-25-,45-24?/t26-,27+/m0/s1. The Bertz CT molecular complexity index is 1750. The molecule has 9 nitrogen and oxygen atoms in total. The van der Waals surface area contributed by atoms with E-state index in [9.17, 15) is 0 Å². The molecule has 0 radical (unpaired) electrons. The lowest BCUT2D eigenvalue weighted by Crippen LogP contribution is -2.33. The van der Waals surface area contributed by atoms with Crippen molar-refractivity contribution < 1.29 is 9.47 Å². The maximum absolute atomic E-state index is 7.07. The Hall–Kier alpha value is -4.15. The summed E-state index contributed by atoms with van der Waals surface area (Å²) in [6, 6.07) is 12.2. The molecule has 2 aliphatic rings. The molecule has 0 spiro atoms. The van der Waals surface area contributed by atoms with E-state index in [1.165, 1.54) is 0 Å². The third-order valence-electron chi connectivity index (χ3n) is 8.50. The van der Waals surface area contributed by atoms with Crippen molar-refractivity contribution in [1.82, 2.24) is 31.2 Å². The van der Waals surface area contributed by atoms with Gasteiger partial charge in [0.05, 0.1) is 41.9 Å². The van der Waals surface area contributed by atoms with Crippen LogP contribution < -0.4 is 26.0 Å². The number of benzene rings is 2. The van der Waals surface area contributed by atoms with Gasteiger partial charge in [-0.1, -0.05) is 85.4 Å². The third kappa shape index (κ3) is 8.28. The number of aromatic nitrogens is 2. The van der Waals surface area contributed by atoms with Crippen molar-refractivity contribution in [2.45, 2.75) is 44.8 Å². The summed E-state index contributed by atoms with van der Waals surface area (Å²) in [6.45, 7) is 16.6. The Morgan fingerprint density at radius 1 is 1.08 bits per heavy atom. The minimum absolute atomic E-state index is 0.287. The number of nitrogens with zero attached hydrogens (tertiary/aromatic N) is 3. The highest BCUT2D eigenvalue weighted by Gasteiger charge is 2.20. The van der Waals surface area contributed by atoms with Crippen LogP contribution in [0.1, 0.15) is 37.4 Å². The third-order valence-corrected chi connectivity index (χ3v) is 9.31. The molecule has 5 rings (SSSR count). The number of nitrogens with one attached hydrogen (secondary N) is 4. The van der Waals surface area contributed by atoms with Crippen LogP contribution in [0.5, 0.6) is 5.88 Å². The van der Waals surface area contributed by atoms with Crippen LogP contribution in [0.3, 0.4) is 0 Å². The van der Waals surface area contributed by atoms with Crippen LogP contribution >= 0.6 is 23.2 Å². The first-order valence-corrected chi connectivity index (χ1v) is 16.7. The van der Waals surface area contributed by atoms with Crippen molar-refractivity contribution in [3.63, 3.8) is 0 Å². The minimum Gasteiger partial charge on any atom is -0.481 e. The van der Waals surface area contributed by atoms with Gasteiger partial charge in [0, 0.05) is 83.9 Å². The molecule has 2 atom stereocenters. The predicted octanol–water partition coefficient (Wildman–Crippen LogP) is 6.80. The number of hydrogen-bond donors (Lipinski definition) is 4. The Morgan fingerprint density at radius 2 is 1.83 bits per heavy atom. The fourth-order valence-corrected chi connectivity index (χ4v) is 6.56. The van der Waals surface area contributed by atoms with E-state index in [1.54, 1.807) is 26.5 Å². The lowest BCUT2D eigenvalue weighted by atomic mass is 9.98. The van der Waals surface area contributed by atoms with Gasteiger partial charge in [-0.2, -0.15) is 0 Å². The zero-order chi connectivity index (χ0) is 34.2. The summed E-state index contributed by atoms with van der Waals surface area (Å²) in [4.78, 5) is 14.3. The van der Waals surface area contributed by atoms with Gasteiger partial charge in [-0.15, -0.1) is 0 Å². The summed E-state index contributed by atoms with van der Waals surface area (Å²) in [6.07, 6.45) is 6.43. The zero-order valence-corrected chi connectivity index (χ0v) is 29.3. The summed E-state index contributed by atoms with van der Waals surface area (Å²) in [7, 11) is 3.19. The molecule has 2 aliphatic heterocycles. The second-order valence-corrected chi connectivity index (χ2v) is 12.6. The number of rotatable bonds is 14. The average molecular weight is 689 g/mol. The predicted molar refractivity (Wildman–Crippen MR) is 196 cm³/mol. The van der Waals surface area contributed by atoms with Crippen LogP contribution in [0.25, 0.3) is 22.4 Å². The molecule has 0 unspecified atom stereocenters. The highest BCUT2D eigenvalue weighted by molar-refractivity contribution is 6.39. The molecule has 2 fully saturated rings. The van der Waals surface area contributed by atoms with Gasteiger partial charge in [-0.05, 0) is 19.8 Å². The summed E-state index contributed by atoms with van der Waals surface area (Å²) >= 11 is 14.1. The van der Waals surface area contributed by atoms with Crippen molar-refractivity contribution in [2.24, 2.45) is 4.99 Å². The van der Waals surface area contributed by atoms with Gasteiger partial charge in [0.15, 0.2) is 0 Å². The largest absolute Gasteiger partial charge is 0.481 e. The van der Waals surface area contributed by atoms with Crippen LogP contribution in [-0.2, 0) is 11.3 Å². The van der Waals surface area contributed by atoms with E-state index in [4.69, 9.17) is 42.7 Å². The number of ether oxygens (including phenoxy) is 2. The number of hydrogen-bond acceptors (Lipinski definition) is 9. The van der Waals surface area contributed by atoms with Gasteiger partial charge in [0.25, 0.3) is 0 Å². The molecule has 0 bridgehead atoms. The second-order valence-electron chi connectivity index (χ2n) is 11.9. The maximum Gasteiger partial charge on any atom is 0.237 e. The van der Waals surface area contributed by atoms with Gasteiger partial charge < -0.3 is 30.7 Å². The molecule has 2 saturated heterocycles. The number of allylic oxidation sites excluding steroid dienone is 1. The number of halogens is 2. The molecule has 2 aromatic carbocycles. The van der Waals surface area contributed by atoms with Gasteiger partial charge in [-0.3, -0.25) is 4.98 Å². The van der Waals surface area contributed by atoms with E-state index in [0.717, 1.165) is 71.7 Å². The first kappa shape index (κ1) is 35.2. The fraction of sp³-hybridized carbons (Fsp3) is 0.324. The normalized spacial score (nSPS) is 18.3. The van der Waals surface area contributed by atoms with Crippen molar-refractivity contribution >= 4 is 28.9 Å². The second kappa shape index (κ2) is 16.3. The first-order chi connectivity index (χ1) is 23.2. The molecule has 1 aromatic heterocycles. The SMILES string of the molecule is C=C/C(CN[C@H]1CNC(=C)C1)=C(\N=C(C)c1cccc(-c2cccc(-c3cnc(CNC[C@@H]4CCC(=C)N4)c(OC)n3)c2Cl)c1Cl)OC. The smallest absolute Gasteiger partial charge is 0.237 e. The van der Waals surface area contributed by atoms with E-state index >= 15 is 0 Å². The molecule has 11 heteroatoms. The van der Waals surface area contributed by atoms with E-state index < -0.39 is 0 Å². The summed E-state index contributed by atoms with van der Waals surface area (Å²) in [5.41, 5.74) is 7.97. The fourth-order valence-electron chi connectivity index (χ4n) is 5.87. The number of methoxy groups -OCH3 is 2. The summed E-state index contributed by atoms with van der Waals surface area (Å²) in [5.74, 6) is 0.909. The first-order valence-electron chi connectivity index (χ1n) is 15.9. The Balaban J connectivity index is 1.37. The lowest BCUT2D eigenvalue weighted by Gasteiger charge is -2.16. The van der Waals surface area contributed by atoms with E-state index in [2.05, 4.69) is 46.0 Å². The monoisotopic (exact) mass is 687 g/mol. The molecule has 3 heterocycles. The molecule has 0 amide bonds.